The summed E-state index contributed by atoms with van der Waals surface area (Å²) in [5.74, 6) is 0.529. The van der Waals surface area contributed by atoms with Gasteiger partial charge in [-0.2, -0.15) is 8.78 Å². The van der Waals surface area contributed by atoms with Gasteiger partial charge in [-0.25, -0.2) is 14.3 Å². The number of nitrogens with zero attached hydrogens (tertiary/aromatic N) is 2. The zero-order valence-electron chi connectivity index (χ0n) is 14.5. The van der Waals surface area contributed by atoms with Crippen LogP contribution in [0.1, 0.15) is 5.56 Å². The van der Waals surface area contributed by atoms with E-state index in [0.29, 0.717) is 29.2 Å². The lowest BCUT2D eigenvalue weighted by Crippen LogP contribution is -2.14. The Morgan fingerprint density at radius 3 is 2.50 bits per heavy atom. The van der Waals surface area contributed by atoms with E-state index in [2.05, 4.69) is 14.7 Å². The number of aromatic amines is 1. The van der Waals surface area contributed by atoms with Crippen molar-refractivity contribution in [2.75, 3.05) is 0 Å². The molecule has 0 amide bonds. The fourth-order valence-corrected chi connectivity index (χ4v) is 2.82. The number of fused-ring (bicyclic) bond motifs is 1. The highest BCUT2D eigenvalue weighted by Crippen LogP contribution is 2.21. The summed E-state index contributed by atoms with van der Waals surface area (Å²) < 4.78 is 36.1. The molecule has 2 heterocycles. The average Bonchev–Trinajstić information content (AvgIpc) is 3.02. The lowest BCUT2D eigenvalue weighted by molar-refractivity contribution is -0.0499. The molecule has 2 aromatic heterocycles. The summed E-state index contributed by atoms with van der Waals surface area (Å²) in [6.07, 6.45) is 1.15. The maximum atomic E-state index is 12.3. The standard InChI is InChI=1S/C20H15F2N3O3/c21-19(22)28-16-10-17-18(23-11-16)25(20(26)24-17)14-6-8-15(9-7-14)27-12-13-4-2-1-3-5-13/h1-11,19H,12H2,(H,24,26). The topological polar surface area (TPSA) is 69.1 Å². The first-order valence-electron chi connectivity index (χ1n) is 8.43. The lowest BCUT2D eigenvalue weighted by atomic mass is 10.2. The molecule has 0 atom stereocenters. The number of benzene rings is 2. The van der Waals surface area contributed by atoms with Crippen LogP contribution < -0.4 is 15.2 Å². The van der Waals surface area contributed by atoms with Crippen molar-refractivity contribution in [1.82, 2.24) is 14.5 Å². The third-order valence-electron chi connectivity index (χ3n) is 4.07. The second-order valence-corrected chi connectivity index (χ2v) is 5.95. The molecule has 8 heteroatoms. The van der Waals surface area contributed by atoms with Crippen LogP contribution in [0.3, 0.4) is 0 Å². The first kappa shape index (κ1) is 17.7. The molecule has 2 aromatic carbocycles. The summed E-state index contributed by atoms with van der Waals surface area (Å²) in [5.41, 5.74) is 1.79. The smallest absolute Gasteiger partial charge is 0.387 e. The van der Waals surface area contributed by atoms with Crippen molar-refractivity contribution in [3.8, 4) is 17.2 Å². The highest BCUT2D eigenvalue weighted by molar-refractivity contribution is 5.74. The summed E-state index contributed by atoms with van der Waals surface area (Å²) in [6.45, 7) is -2.53. The van der Waals surface area contributed by atoms with Gasteiger partial charge in [0.1, 0.15) is 18.1 Å². The van der Waals surface area contributed by atoms with Gasteiger partial charge < -0.3 is 14.5 Å². The Kier molecular flexibility index (Phi) is 4.76. The SMILES string of the molecule is O=c1[nH]c2cc(OC(F)F)cnc2n1-c1ccc(OCc2ccccc2)cc1. The maximum absolute atomic E-state index is 12.3. The lowest BCUT2D eigenvalue weighted by Gasteiger charge is -2.08. The molecule has 6 nitrogen and oxygen atoms in total. The van der Waals surface area contributed by atoms with E-state index in [9.17, 15) is 13.6 Å². The van der Waals surface area contributed by atoms with Gasteiger partial charge in [0.25, 0.3) is 0 Å². The molecule has 0 aliphatic carbocycles. The molecule has 0 aliphatic heterocycles. The second kappa shape index (κ2) is 7.51. The number of H-pyrrole nitrogens is 1. The summed E-state index contributed by atoms with van der Waals surface area (Å²) in [4.78, 5) is 19.0. The zero-order chi connectivity index (χ0) is 19.5. The van der Waals surface area contributed by atoms with Crippen molar-refractivity contribution in [2.45, 2.75) is 13.2 Å². The number of aromatic nitrogens is 3. The number of nitrogens with one attached hydrogen (secondary N) is 1. The van der Waals surface area contributed by atoms with Crippen LogP contribution in [0.4, 0.5) is 8.78 Å². The third-order valence-corrected chi connectivity index (χ3v) is 4.07. The van der Waals surface area contributed by atoms with Gasteiger partial charge in [0.05, 0.1) is 17.4 Å². The largest absolute Gasteiger partial charge is 0.489 e. The van der Waals surface area contributed by atoms with Crippen LogP contribution in [0.5, 0.6) is 11.5 Å². The predicted octanol–water partition coefficient (Wildman–Crippen LogP) is 3.89. The van der Waals surface area contributed by atoms with Crippen LogP contribution in [-0.4, -0.2) is 21.1 Å². The summed E-state index contributed by atoms with van der Waals surface area (Å²) >= 11 is 0. The summed E-state index contributed by atoms with van der Waals surface area (Å²) in [7, 11) is 0. The van der Waals surface area contributed by atoms with Gasteiger partial charge in [0, 0.05) is 6.07 Å². The van der Waals surface area contributed by atoms with E-state index in [4.69, 9.17) is 4.74 Å². The monoisotopic (exact) mass is 383 g/mol. The minimum Gasteiger partial charge on any atom is -0.489 e. The highest BCUT2D eigenvalue weighted by atomic mass is 19.3. The molecule has 0 radical (unpaired) electrons. The fraction of sp³-hybridized carbons (Fsp3) is 0.100. The van der Waals surface area contributed by atoms with E-state index < -0.39 is 12.3 Å². The fourth-order valence-electron chi connectivity index (χ4n) is 2.82. The van der Waals surface area contributed by atoms with Gasteiger partial charge in [-0.15, -0.1) is 0 Å². The van der Waals surface area contributed by atoms with Gasteiger partial charge in [0.2, 0.25) is 0 Å². The molecular weight excluding hydrogens is 368 g/mol. The minimum atomic E-state index is -2.96. The number of hydrogen-bond acceptors (Lipinski definition) is 4. The van der Waals surface area contributed by atoms with Gasteiger partial charge in [0.15, 0.2) is 5.65 Å². The molecule has 4 aromatic rings. The second-order valence-electron chi connectivity index (χ2n) is 5.95. The maximum Gasteiger partial charge on any atom is 0.387 e. The number of ether oxygens (including phenoxy) is 2. The van der Waals surface area contributed by atoms with Crippen molar-refractivity contribution >= 4 is 11.2 Å². The van der Waals surface area contributed by atoms with E-state index in [-0.39, 0.29) is 5.75 Å². The molecule has 0 unspecified atom stereocenters. The number of halogens is 2. The quantitative estimate of drug-likeness (QED) is 0.548. The van der Waals surface area contributed by atoms with Gasteiger partial charge in [-0.1, -0.05) is 30.3 Å². The molecule has 4 rings (SSSR count). The van der Waals surface area contributed by atoms with Crippen LogP contribution in [0.15, 0.2) is 71.7 Å². The van der Waals surface area contributed by atoms with E-state index in [1.807, 2.05) is 30.3 Å². The Morgan fingerprint density at radius 1 is 1.04 bits per heavy atom. The predicted molar refractivity (Wildman–Crippen MR) is 99.1 cm³/mol. The van der Waals surface area contributed by atoms with Crippen molar-refractivity contribution in [3.63, 3.8) is 0 Å². The third kappa shape index (κ3) is 3.71. The Labute approximate surface area is 158 Å². The van der Waals surface area contributed by atoms with Crippen LogP contribution in [-0.2, 0) is 6.61 Å². The molecule has 0 saturated heterocycles. The molecule has 28 heavy (non-hydrogen) atoms. The zero-order valence-corrected chi connectivity index (χ0v) is 14.5. The van der Waals surface area contributed by atoms with Crippen LogP contribution in [0.25, 0.3) is 16.9 Å². The number of hydrogen-bond donors (Lipinski definition) is 1. The van der Waals surface area contributed by atoms with Crippen LogP contribution in [0.2, 0.25) is 0 Å². The van der Waals surface area contributed by atoms with E-state index >= 15 is 0 Å². The Bertz CT molecular complexity index is 1140. The summed E-state index contributed by atoms with van der Waals surface area (Å²) in [5, 5.41) is 0. The number of pyridine rings is 1. The number of imidazole rings is 1. The van der Waals surface area contributed by atoms with Crippen LogP contribution in [0, 0.1) is 0 Å². The van der Waals surface area contributed by atoms with Gasteiger partial charge in [-0.3, -0.25) is 0 Å². The Balaban J connectivity index is 1.57. The molecule has 0 fully saturated rings. The molecule has 0 spiro atoms. The molecule has 0 saturated carbocycles. The van der Waals surface area contributed by atoms with Crippen molar-refractivity contribution in [1.29, 1.82) is 0 Å². The summed E-state index contributed by atoms with van der Waals surface area (Å²) in [6, 6.07) is 18.0. The first-order valence-corrected chi connectivity index (χ1v) is 8.43. The van der Waals surface area contributed by atoms with Gasteiger partial charge >= 0.3 is 12.3 Å². The normalized spacial score (nSPS) is 11.1. The van der Waals surface area contributed by atoms with Crippen molar-refractivity contribution in [2.24, 2.45) is 0 Å². The highest BCUT2D eigenvalue weighted by Gasteiger charge is 2.13. The van der Waals surface area contributed by atoms with E-state index in [0.717, 1.165) is 11.8 Å². The first-order chi connectivity index (χ1) is 13.6. The molecule has 0 aliphatic rings. The molecule has 142 valence electrons. The van der Waals surface area contributed by atoms with Crippen molar-refractivity contribution < 1.29 is 18.3 Å². The molecular formula is C20H15F2N3O3. The minimum absolute atomic E-state index is 0.124. The van der Waals surface area contributed by atoms with E-state index in [1.165, 1.54) is 10.6 Å². The Hall–Kier alpha value is -3.68. The average molecular weight is 383 g/mol. The number of alkyl halides is 2. The number of rotatable bonds is 6. The van der Waals surface area contributed by atoms with Gasteiger partial charge in [-0.05, 0) is 29.8 Å². The molecule has 0 bridgehead atoms. The van der Waals surface area contributed by atoms with Crippen LogP contribution >= 0.6 is 0 Å². The molecule has 1 N–H and O–H groups in total. The Morgan fingerprint density at radius 2 is 1.79 bits per heavy atom. The van der Waals surface area contributed by atoms with E-state index in [1.54, 1.807) is 24.3 Å². The van der Waals surface area contributed by atoms with Crippen molar-refractivity contribution in [3.05, 3.63) is 82.9 Å².